The van der Waals surface area contributed by atoms with Crippen molar-refractivity contribution in [3.05, 3.63) is 125 Å². The van der Waals surface area contributed by atoms with Gasteiger partial charge in [-0.2, -0.15) is 0 Å². The average Bonchev–Trinajstić information content (AvgIpc) is 3.02. The molecule has 4 aromatic carbocycles. The minimum Gasteiger partial charge on any atom is -0.494 e. The van der Waals surface area contributed by atoms with E-state index in [1.54, 1.807) is 78.9 Å². The molecule has 0 fully saturated rings. The Morgan fingerprint density at radius 1 is 0.837 bits per heavy atom. The highest BCUT2D eigenvalue weighted by Gasteiger charge is 2.20. The summed E-state index contributed by atoms with van der Waals surface area (Å²) >= 11 is 7.74. The zero-order chi connectivity index (χ0) is 30.6. The summed E-state index contributed by atoms with van der Waals surface area (Å²) in [6.07, 6.45) is 2.13. The quantitative estimate of drug-likeness (QED) is 0.113. The lowest BCUT2D eigenvalue weighted by Gasteiger charge is -2.16. The third-order valence-corrected chi connectivity index (χ3v) is 7.90. The first-order valence-electron chi connectivity index (χ1n) is 13.8. The van der Waals surface area contributed by atoms with Crippen molar-refractivity contribution in [1.29, 1.82) is 0 Å². The van der Waals surface area contributed by atoms with Crippen LogP contribution in [0.4, 0.5) is 11.4 Å². The number of amides is 3. The Morgan fingerprint density at radius 3 is 2.26 bits per heavy atom. The number of hydrogen-bond donors (Lipinski definition) is 3. The van der Waals surface area contributed by atoms with Gasteiger partial charge in [-0.15, -0.1) is 11.8 Å². The van der Waals surface area contributed by atoms with Gasteiger partial charge in [-0.3, -0.25) is 14.4 Å². The number of anilines is 2. The van der Waals surface area contributed by atoms with Crippen molar-refractivity contribution in [2.24, 2.45) is 0 Å². The van der Waals surface area contributed by atoms with E-state index in [4.69, 9.17) is 16.3 Å². The van der Waals surface area contributed by atoms with Crippen molar-refractivity contribution in [3.8, 4) is 5.75 Å². The molecule has 0 aliphatic rings. The third kappa shape index (κ3) is 9.23. The van der Waals surface area contributed by atoms with E-state index in [2.05, 4.69) is 16.0 Å². The van der Waals surface area contributed by atoms with Gasteiger partial charge in [0.15, 0.2) is 0 Å². The van der Waals surface area contributed by atoms with Gasteiger partial charge in [0.05, 0.1) is 11.9 Å². The highest BCUT2D eigenvalue weighted by atomic mass is 35.5. The maximum atomic E-state index is 13.4. The molecule has 0 saturated heterocycles. The van der Waals surface area contributed by atoms with Crippen molar-refractivity contribution in [1.82, 2.24) is 5.32 Å². The molecule has 0 bridgehead atoms. The number of carbonyl (C=O) groups is 3. The van der Waals surface area contributed by atoms with Crippen molar-refractivity contribution >= 4 is 58.5 Å². The van der Waals surface area contributed by atoms with Gasteiger partial charge in [0, 0.05) is 26.9 Å². The lowest BCUT2D eigenvalue weighted by molar-refractivity contribution is -0.116. The standard InChI is InChI=1S/C34H32ClN3O4S/c1-3-31(34(41)36-25-17-19-27(20-18-25)42-4-2)43-28-15-10-14-26(22-28)37-33(40)30(21-24-13-8-9-16-29(24)35)38-32(39)23-11-6-5-7-12-23/h5-22,31H,3-4H2,1-2H3,(H,36,41)(H,37,40)(H,38,39)/b30-21+. The fourth-order valence-corrected chi connectivity index (χ4v) is 5.25. The van der Waals surface area contributed by atoms with Gasteiger partial charge in [-0.1, -0.05) is 61.0 Å². The molecule has 4 rings (SSSR count). The zero-order valence-electron chi connectivity index (χ0n) is 23.8. The molecule has 9 heteroatoms. The number of carbonyl (C=O) groups excluding carboxylic acids is 3. The van der Waals surface area contributed by atoms with Crippen LogP contribution in [0.2, 0.25) is 5.02 Å². The summed E-state index contributed by atoms with van der Waals surface area (Å²) in [7, 11) is 0. The fourth-order valence-electron chi connectivity index (χ4n) is 4.05. The van der Waals surface area contributed by atoms with Crippen molar-refractivity contribution in [3.63, 3.8) is 0 Å². The molecule has 220 valence electrons. The molecule has 0 saturated carbocycles. The summed E-state index contributed by atoms with van der Waals surface area (Å²) in [5.41, 5.74) is 2.21. The van der Waals surface area contributed by atoms with E-state index in [1.165, 1.54) is 17.8 Å². The van der Waals surface area contributed by atoms with Crippen LogP contribution in [0.3, 0.4) is 0 Å². The van der Waals surface area contributed by atoms with Gasteiger partial charge in [0.2, 0.25) is 5.91 Å². The van der Waals surface area contributed by atoms with E-state index in [9.17, 15) is 14.4 Å². The number of thioether (sulfide) groups is 1. The van der Waals surface area contributed by atoms with Gasteiger partial charge in [0.1, 0.15) is 11.4 Å². The molecular formula is C34H32ClN3O4S. The van der Waals surface area contributed by atoms with Gasteiger partial charge in [-0.25, -0.2) is 0 Å². The second-order valence-corrected chi connectivity index (χ2v) is 11.0. The van der Waals surface area contributed by atoms with E-state index in [-0.39, 0.29) is 16.9 Å². The predicted octanol–water partition coefficient (Wildman–Crippen LogP) is 7.66. The summed E-state index contributed by atoms with van der Waals surface area (Å²) in [6, 6.07) is 30.1. The minimum atomic E-state index is -0.522. The zero-order valence-corrected chi connectivity index (χ0v) is 25.4. The molecule has 0 aromatic heterocycles. The Morgan fingerprint density at radius 2 is 1.56 bits per heavy atom. The average molecular weight is 614 g/mol. The highest BCUT2D eigenvalue weighted by Crippen LogP contribution is 2.29. The number of halogens is 1. The third-order valence-electron chi connectivity index (χ3n) is 6.20. The largest absolute Gasteiger partial charge is 0.494 e. The maximum Gasteiger partial charge on any atom is 0.272 e. The molecule has 3 amide bonds. The van der Waals surface area contributed by atoms with Gasteiger partial charge in [-0.05, 0) is 85.6 Å². The molecule has 1 atom stereocenters. The first-order valence-corrected chi connectivity index (χ1v) is 15.1. The lowest BCUT2D eigenvalue weighted by Crippen LogP contribution is -2.30. The van der Waals surface area contributed by atoms with Crippen LogP contribution in [0.15, 0.2) is 114 Å². The lowest BCUT2D eigenvalue weighted by atomic mass is 10.1. The van der Waals surface area contributed by atoms with Crippen LogP contribution in [0.5, 0.6) is 5.75 Å². The topological polar surface area (TPSA) is 96.5 Å². The van der Waals surface area contributed by atoms with E-state index in [0.29, 0.717) is 40.6 Å². The van der Waals surface area contributed by atoms with Crippen LogP contribution in [-0.4, -0.2) is 29.6 Å². The normalized spacial score (nSPS) is 11.7. The van der Waals surface area contributed by atoms with Crippen LogP contribution in [-0.2, 0) is 9.59 Å². The molecule has 1 unspecified atom stereocenters. The SMILES string of the molecule is CCOc1ccc(NC(=O)C(CC)Sc2cccc(NC(=O)/C(=C\c3ccccc3Cl)NC(=O)c3ccccc3)c2)cc1. The number of rotatable bonds is 12. The molecule has 43 heavy (non-hydrogen) atoms. The molecule has 0 spiro atoms. The van der Waals surface area contributed by atoms with Gasteiger partial charge >= 0.3 is 0 Å². The number of benzene rings is 4. The van der Waals surface area contributed by atoms with E-state index >= 15 is 0 Å². The van der Waals surface area contributed by atoms with E-state index < -0.39 is 11.8 Å². The summed E-state index contributed by atoms with van der Waals surface area (Å²) in [5, 5.41) is 8.62. The molecule has 0 aliphatic heterocycles. The Labute approximate surface area is 260 Å². The molecule has 0 heterocycles. The monoisotopic (exact) mass is 613 g/mol. The molecule has 0 radical (unpaired) electrons. The van der Waals surface area contributed by atoms with E-state index in [0.717, 1.165) is 10.6 Å². The van der Waals surface area contributed by atoms with Crippen molar-refractivity contribution in [2.75, 3.05) is 17.2 Å². The summed E-state index contributed by atoms with van der Waals surface area (Å²) in [5.74, 6) is -0.334. The Kier molecular flexibility index (Phi) is 11.4. The number of ether oxygens (including phenoxy) is 1. The molecule has 3 N–H and O–H groups in total. The summed E-state index contributed by atoms with van der Waals surface area (Å²) in [6.45, 7) is 4.43. The number of hydrogen-bond acceptors (Lipinski definition) is 5. The van der Waals surface area contributed by atoms with Crippen molar-refractivity contribution in [2.45, 2.75) is 30.4 Å². The molecule has 4 aromatic rings. The number of nitrogens with one attached hydrogen (secondary N) is 3. The first-order chi connectivity index (χ1) is 20.9. The Balaban J connectivity index is 1.47. The Bertz CT molecular complexity index is 1590. The highest BCUT2D eigenvalue weighted by molar-refractivity contribution is 8.00. The van der Waals surface area contributed by atoms with Gasteiger partial charge < -0.3 is 20.7 Å². The predicted molar refractivity (Wildman–Crippen MR) is 175 cm³/mol. The Hall–Kier alpha value is -4.53. The molecule has 7 nitrogen and oxygen atoms in total. The molecule has 0 aliphatic carbocycles. The second kappa shape index (κ2) is 15.6. The van der Waals surface area contributed by atoms with Gasteiger partial charge in [0.25, 0.3) is 11.8 Å². The van der Waals surface area contributed by atoms with Crippen LogP contribution >= 0.6 is 23.4 Å². The first kappa shape index (κ1) is 31.4. The van der Waals surface area contributed by atoms with E-state index in [1.807, 2.05) is 38.1 Å². The second-order valence-electron chi connectivity index (χ2n) is 9.34. The summed E-state index contributed by atoms with van der Waals surface area (Å²) < 4.78 is 5.46. The minimum absolute atomic E-state index is 0.0289. The van der Waals surface area contributed by atoms with Crippen LogP contribution in [0.1, 0.15) is 36.2 Å². The van der Waals surface area contributed by atoms with Crippen LogP contribution in [0, 0.1) is 0 Å². The van der Waals surface area contributed by atoms with Crippen LogP contribution < -0.4 is 20.7 Å². The maximum absolute atomic E-state index is 13.4. The van der Waals surface area contributed by atoms with Crippen molar-refractivity contribution < 1.29 is 19.1 Å². The summed E-state index contributed by atoms with van der Waals surface area (Å²) in [4.78, 5) is 40.2. The molecular weight excluding hydrogens is 582 g/mol. The fraction of sp³-hybridized carbons (Fsp3) is 0.147. The smallest absolute Gasteiger partial charge is 0.272 e. The van der Waals surface area contributed by atoms with Crippen LogP contribution in [0.25, 0.3) is 6.08 Å².